The van der Waals surface area contributed by atoms with Gasteiger partial charge >= 0.3 is 0 Å². The largest absolute Gasteiger partial charge is 0.319 e. The zero-order valence-electron chi connectivity index (χ0n) is 29.5. The van der Waals surface area contributed by atoms with Crippen LogP contribution in [0.3, 0.4) is 0 Å². The van der Waals surface area contributed by atoms with Crippen molar-refractivity contribution in [2.24, 2.45) is 0 Å². The molecule has 0 fully saturated rings. The van der Waals surface area contributed by atoms with Gasteiger partial charge in [0.25, 0.3) is 0 Å². The Labute approximate surface area is 295 Å². The number of aromatic nitrogens is 2. The summed E-state index contributed by atoms with van der Waals surface area (Å²) in [6, 6.07) is 44.5. The van der Waals surface area contributed by atoms with Crippen molar-refractivity contribution < 1.29 is 30.1 Å². The Hall–Kier alpha value is -4.48. The molecule has 0 aliphatic carbocycles. The van der Waals surface area contributed by atoms with E-state index in [9.17, 15) is 0 Å². The molecule has 5 aromatic carbocycles. The third kappa shape index (κ3) is 5.12. The molecule has 0 saturated heterocycles. The molecule has 7 aromatic rings. The summed E-state index contributed by atoms with van der Waals surface area (Å²) in [6.07, 6.45) is 1.90. The van der Waals surface area contributed by atoms with E-state index in [0.29, 0.717) is 17.1 Å². The number of hydrogen-bond donors (Lipinski definition) is 0. The smallest absolute Gasteiger partial charge is 0.145 e. The molecule has 47 heavy (non-hydrogen) atoms. The zero-order chi connectivity index (χ0) is 34.1. The molecule has 0 spiro atoms. The molecule has 0 bridgehead atoms. The van der Waals surface area contributed by atoms with Crippen LogP contribution < -0.4 is 20.5 Å². The minimum Gasteiger partial charge on any atom is -0.319 e. The molecule has 1 aliphatic rings. The first-order valence-electron chi connectivity index (χ1n) is 16.9. The van der Waals surface area contributed by atoms with Gasteiger partial charge in [-0.1, -0.05) is 67.1 Å². The minimum absolute atomic E-state index is 0. The third-order valence-electron chi connectivity index (χ3n) is 9.20. The first kappa shape index (κ1) is 27.6. The molecule has 1 aliphatic heterocycles. The van der Waals surface area contributed by atoms with Gasteiger partial charge in [-0.05, 0) is 71.8 Å². The molecule has 1 N–H and O–H groups in total. The van der Waals surface area contributed by atoms with Crippen LogP contribution in [-0.4, -0.2) is 29.5 Å². The molecule has 0 saturated carbocycles. The van der Waals surface area contributed by atoms with Gasteiger partial charge in [0.05, 0.1) is 19.2 Å². The maximum atomic E-state index is 8.05. The van der Waals surface area contributed by atoms with Crippen LogP contribution in [0.2, 0.25) is 13.1 Å². The Kier molecular flexibility index (Phi) is 7.02. The number of para-hydroxylation sites is 3. The van der Waals surface area contributed by atoms with Gasteiger partial charge < -0.3 is 4.57 Å². The van der Waals surface area contributed by atoms with Gasteiger partial charge in [0.1, 0.15) is 17.2 Å². The summed E-state index contributed by atoms with van der Waals surface area (Å²) >= 11 is 0. The number of pyridine rings is 1. The molecule has 236 valence electrons. The SMILES string of the molecule is [2H]C([2H])([2H])N1[OH+]N(c2[c-]c([Si](C)(C)c3[c-]c4c(cc3)c3ccccc3n4-c3cc(-c4c(C)cccc4C)ccn3)ccc2)c2ccccc21.[Pt]. The molecule has 5 nitrogen and oxygen atoms in total. The predicted octanol–water partition coefficient (Wildman–Crippen LogP) is 8.31. The molecule has 8 rings (SSSR count). The predicted molar refractivity (Wildman–Crippen MR) is 193 cm³/mol. The van der Waals surface area contributed by atoms with Gasteiger partial charge in [-0.2, -0.15) is 51.7 Å². The number of benzene rings is 5. The fourth-order valence-electron chi connectivity index (χ4n) is 6.74. The van der Waals surface area contributed by atoms with Crippen molar-refractivity contribution in [3.63, 3.8) is 0 Å². The fraction of sp³-hybridized carbons (Fsp3) is 0.125. The summed E-state index contributed by atoms with van der Waals surface area (Å²) < 4.78 is 26.4. The van der Waals surface area contributed by atoms with Crippen LogP contribution >= 0.6 is 0 Å². The Morgan fingerprint density at radius 3 is 2.28 bits per heavy atom. The van der Waals surface area contributed by atoms with Gasteiger partial charge in [0, 0.05) is 38.5 Å². The average Bonchev–Trinajstić information content (AvgIpc) is 3.65. The molecular formula is C40H35N4OPtSi-. The molecule has 3 heterocycles. The Balaban J connectivity index is 0.00000392. The second-order valence-corrected chi connectivity index (χ2v) is 16.8. The van der Waals surface area contributed by atoms with Gasteiger partial charge in [0.15, 0.2) is 0 Å². The van der Waals surface area contributed by atoms with Crippen LogP contribution in [0.4, 0.5) is 17.1 Å². The number of nitrogens with zero attached hydrogens (tertiary/aromatic N) is 4. The zero-order valence-corrected chi connectivity index (χ0v) is 29.8. The van der Waals surface area contributed by atoms with Crippen LogP contribution in [0, 0.1) is 26.0 Å². The fourth-order valence-corrected chi connectivity index (χ4v) is 8.91. The maximum absolute atomic E-state index is 8.05. The van der Waals surface area contributed by atoms with Gasteiger partial charge in [-0.3, -0.25) is 0 Å². The number of rotatable bonds is 5. The van der Waals surface area contributed by atoms with Crippen molar-refractivity contribution in [3.05, 3.63) is 139 Å². The molecule has 0 amide bonds. The molecular weight excluding hydrogens is 776 g/mol. The topological polar surface area (TPSA) is 37.1 Å². The monoisotopic (exact) mass is 813 g/mol. The second-order valence-electron chi connectivity index (χ2n) is 12.4. The van der Waals surface area contributed by atoms with Crippen molar-refractivity contribution in [1.29, 1.82) is 0 Å². The van der Waals surface area contributed by atoms with Crippen LogP contribution in [0.1, 0.15) is 15.2 Å². The van der Waals surface area contributed by atoms with Gasteiger partial charge in [0.2, 0.25) is 0 Å². The number of hydrogen-bond acceptors (Lipinski definition) is 3. The van der Waals surface area contributed by atoms with E-state index in [4.69, 9.17) is 9.10 Å². The Bertz CT molecular complexity index is 2390. The first-order valence-corrected chi connectivity index (χ1v) is 18.4. The molecule has 0 radical (unpaired) electrons. The van der Waals surface area contributed by atoms with Crippen molar-refractivity contribution >= 4 is 57.3 Å². The van der Waals surface area contributed by atoms with E-state index in [1.807, 2.05) is 36.5 Å². The standard InChI is InChI=1S/C40H34N4OSi.Pt/c1-27-12-10-13-28(2)40(27)29-22-23-41-39(24-29)43-35-17-7-6-16-33(35)34-21-20-32(26-38(34)43)46(4,5)31-15-11-14-30(25-31)44-37-19-9-8-18-36(37)42(3)45-44;/h6-24H,1-5H3;/q-2;/p+1/i3D3;. The Morgan fingerprint density at radius 2 is 1.47 bits per heavy atom. The molecule has 7 heteroatoms. The summed E-state index contributed by atoms with van der Waals surface area (Å²) in [7, 11) is -2.39. The second kappa shape index (κ2) is 12.0. The van der Waals surface area contributed by atoms with Crippen molar-refractivity contribution in [2.45, 2.75) is 26.9 Å². The average molecular weight is 814 g/mol. The van der Waals surface area contributed by atoms with Crippen molar-refractivity contribution in [1.82, 2.24) is 9.55 Å². The molecule has 2 aromatic heterocycles. The minimum atomic E-state index is -2.41. The normalized spacial score (nSPS) is 14.1. The maximum Gasteiger partial charge on any atom is 0.145 e. The summed E-state index contributed by atoms with van der Waals surface area (Å²) in [6.45, 7) is 6.50. The molecule has 0 unspecified atom stereocenters. The van der Waals surface area contributed by atoms with Crippen molar-refractivity contribution in [2.75, 3.05) is 17.1 Å². The van der Waals surface area contributed by atoms with E-state index in [1.54, 1.807) is 11.1 Å². The van der Waals surface area contributed by atoms with E-state index in [1.165, 1.54) is 16.7 Å². The molecule has 0 atom stereocenters. The van der Waals surface area contributed by atoms with E-state index < -0.39 is 15.0 Å². The third-order valence-corrected chi connectivity index (χ3v) is 12.5. The Morgan fingerprint density at radius 1 is 0.745 bits per heavy atom. The van der Waals surface area contributed by atoms with E-state index >= 15 is 0 Å². The number of hydroxylamine groups is 1. The van der Waals surface area contributed by atoms with E-state index in [2.05, 4.69) is 121 Å². The van der Waals surface area contributed by atoms with Crippen LogP contribution in [0.5, 0.6) is 0 Å². The van der Waals surface area contributed by atoms with Crippen LogP contribution in [-0.2, 0) is 21.1 Å². The van der Waals surface area contributed by atoms with Gasteiger partial charge in [-0.25, -0.2) is 4.98 Å². The summed E-state index contributed by atoms with van der Waals surface area (Å²) in [5, 5.41) is 7.26. The number of fused-ring (bicyclic) bond motifs is 4. The summed E-state index contributed by atoms with van der Waals surface area (Å²) in [5.74, 6) is 0.848. The quantitative estimate of drug-likeness (QED) is 0.0998. The van der Waals surface area contributed by atoms with E-state index in [-0.39, 0.29) is 21.1 Å². The van der Waals surface area contributed by atoms with Gasteiger partial charge in [-0.15, -0.1) is 21.6 Å². The number of anilines is 3. The number of aryl methyl sites for hydroxylation is 2. The van der Waals surface area contributed by atoms with Crippen LogP contribution in [0.25, 0.3) is 38.8 Å². The first-order chi connectivity index (χ1) is 23.5. The van der Waals surface area contributed by atoms with Crippen LogP contribution in [0.15, 0.2) is 115 Å². The van der Waals surface area contributed by atoms with E-state index in [0.717, 1.165) is 48.6 Å². The summed E-state index contributed by atoms with van der Waals surface area (Å²) in [4.78, 5) is 9.42. The summed E-state index contributed by atoms with van der Waals surface area (Å²) in [5.41, 5.74) is 8.84. The van der Waals surface area contributed by atoms with Crippen molar-refractivity contribution in [3.8, 4) is 16.9 Å².